The summed E-state index contributed by atoms with van der Waals surface area (Å²) in [6, 6.07) is 5.49. The first-order valence-corrected chi connectivity index (χ1v) is 11.1. The smallest absolute Gasteiger partial charge is 0.252 e. The van der Waals surface area contributed by atoms with Crippen LogP contribution < -0.4 is 4.90 Å². The van der Waals surface area contributed by atoms with Crippen LogP contribution in [0.1, 0.15) is 43.9 Å². The summed E-state index contributed by atoms with van der Waals surface area (Å²) >= 11 is 0. The second-order valence-electron chi connectivity index (χ2n) is 8.70. The fourth-order valence-electron chi connectivity index (χ4n) is 4.92. The Kier molecular flexibility index (Phi) is 4.51. The van der Waals surface area contributed by atoms with Crippen molar-refractivity contribution in [1.82, 2.24) is 34.3 Å². The first kappa shape index (κ1) is 20.8. The van der Waals surface area contributed by atoms with Crippen LogP contribution >= 0.6 is 0 Å². The lowest BCUT2D eigenvalue weighted by atomic mass is 9.85. The second-order valence-corrected chi connectivity index (χ2v) is 8.70. The van der Waals surface area contributed by atoms with Crippen molar-refractivity contribution in [2.24, 2.45) is 0 Å². The highest BCUT2D eigenvalue weighted by Crippen LogP contribution is 2.48. The molecule has 0 spiro atoms. The zero-order chi connectivity index (χ0) is 23.6. The van der Waals surface area contributed by atoms with Crippen LogP contribution in [0.3, 0.4) is 0 Å². The summed E-state index contributed by atoms with van der Waals surface area (Å²) < 4.78 is 45.2. The molecule has 1 aliphatic carbocycles. The number of hydrogen-bond donors (Lipinski definition) is 0. The predicted molar refractivity (Wildman–Crippen MR) is 118 cm³/mol. The van der Waals surface area contributed by atoms with Gasteiger partial charge in [-0.15, -0.1) is 10.2 Å². The van der Waals surface area contributed by atoms with E-state index in [4.69, 9.17) is 4.98 Å². The molecule has 0 saturated heterocycles. The van der Waals surface area contributed by atoms with Crippen molar-refractivity contribution in [2.75, 3.05) is 4.90 Å². The van der Waals surface area contributed by atoms with Crippen LogP contribution in [-0.4, -0.2) is 46.2 Å². The van der Waals surface area contributed by atoms with Crippen molar-refractivity contribution >= 4 is 5.82 Å². The highest BCUT2D eigenvalue weighted by molar-refractivity contribution is 5.64. The molecule has 174 valence electrons. The molecule has 0 amide bonds. The standard InChI is InChI=1S/C23H21F3N8/c1-3-17-21-31-30-13(2)33(21)18-12-28-22(29-20(18)34(17)16-10-23(25,26)11-16)32-8-7-27-19(32)14-5-4-6-15(24)9-14/h4-9,12,16-17H,3,10-11H2,1-2H3/t17-/m1/s1. The van der Waals surface area contributed by atoms with Gasteiger partial charge in [-0.2, -0.15) is 4.98 Å². The van der Waals surface area contributed by atoms with E-state index in [-0.39, 0.29) is 30.7 Å². The van der Waals surface area contributed by atoms with Crippen LogP contribution in [0.15, 0.2) is 42.9 Å². The lowest BCUT2D eigenvalue weighted by molar-refractivity contribution is -0.0878. The van der Waals surface area contributed by atoms with E-state index < -0.39 is 5.92 Å². The van der Waals surface area contributed by atoms with Crippen molar-refractivity contribution in [3.05, 3.63) is 60.3 Å². The molecule has 0 bridgehead atoms. The third-order valence-corrected chi connectivity index (χ3v) is 6.49. The molecular formula is C23H21F3N8. The summed E-state index contributed by atoms with van der Waals surface area (Å²) in [6.07, 6.45) is 5.11. The van der Waals surface area contributed by atoms with Crippen LogP contribution in [0, 0.1) is 12.7 Å². The van der Waals surface area contributed by atoms with Gasteiger partial charge in [-0.25, -0.2) is 23.1 Å². The molecule has 4 heterocycles. The minimum Gasteiger partial charge on any atom is -0.341 e. The molecule has 0 radical (unpaired) electrons. The number of fused-ring (bicyclic) bond motifs is 3. The number of halogens is 3. The van der Waals surface area contributed by atoms with Crippen molar-refractivity contribution < 1.29 is 13.2 Å². The molecule has 1 aromatic carbocycles. The zero-order valence-electron chi connectivity index (χ0n) is 18.5. The highest BCUT2D eigenvalue weighted by Gasteiger charge is 2.52. The molecule has 0 unspecified atom stereocenters. The maximum absolute atomic E-state index is 13.9. The number of aryl methyl sites for hydroxylation is 1. The van der Waals surface area contributed by atoms with Gasteiger partial charge in [0.2, 0.25) is 5.95 Å². The number of rotatable bonds is 4. The Bertz CT molecular complexity index is 1390. The van der Waals surface area contributed by atoms with Gasteiger partial charge in [0.1, 0.15) is 23.2 Å². The SMILES string of the molecule is CC[C@@H]1c2nnc(C)n2-c2cnc(-n3ccnc3-c3cccc(F)c3)nc2N1C1CC(F)(F)C1. The third-order valence-electron chi connectivity index (χ3n) is 6.49. The monoisotopic (exact) mass is 466 g/mol. The average Bonchev–Trinajstić information content (AvgIpc) is 3.43. The molecular weight excluding hydrogens is 445 g/mol. The number of anilines is 1. The first-order valence-electron chi connectivity index (χ1n) is 11.1. The van der Waals surface area contributed by atoms with E-state index in [9.17, 15) is 13.2 Å². The lowest BCUT2D eigenvalue weighted by Gasteiger charge is -2.48. The van der Waals surface area contributed by atoms with E-state index in [1.165, 1.54) is 12.1 Å². The van der Waals surface area contributed by atoms with Gasteiger partial charge in [-0.05, 0) is 25.5 Å². The van der Waals surface area contributed by atoms with Gasteiger partial charge >= 0.3 is 0 Å². The summed E-state index contributed by atoms with van der Waals surface area (Å²) in [7, 11) is 0. The van der Waals surface area contributed by atoms with Crippen LogP contribution in [0.4, 0.5) is 19.0 Å². The van der Waals surface area contributed by atoms with Gasteiger partial charge in [-0.1, -0.05) is 19.1 Å². The van der Waals surface area contributed by atoms with E-state index in [2.05, 4.69) is 20.2 Å². The van der Waals surface area contributed by atoms with Crippen LogP contribution in [0.5, 0.6) is 0 Å². The largest absolute Gasteiger partial charge is 0.341 e. The Hall–Kier alpha value is -3.76. The van der Waals surface area contributed by atoms with Crippen LogP contribution in [-0.2, 0) is 0 Å². The minimum absolute atomic E-state index is 0.241. The zero-order valence-corrected chi connectivity index (χ0v) is 18.5. The van der Waals surface area contributed by atoms with Gasteiger partial charge in [0.15, 0.2) is 11.6 Å². The van der Waals surface area contributed by atoms with Gasteiger partial charge in [0, 0.05) is 36.8 Å². The Morgan fingerprint density at radius 1 is 1.15 bits per heavy atom. The van der Waals surface area contributed by atoms with Crippen LogP contribution in [0.2, 0.25) is 0 Å². The summed E-state index contributed by atoms with van der Waals surface area (Å²) in [6.45, 7) is 3.83. The molecule has 3 aromatic heterocycles. The van der Waals surface area contributed by atoms with Gasteiger partial charge in [0.05, 0.1) is 12.2 Å². The molecule has 6 rings (SSSR count). The summed E-state index contributed by atoms with van der Waals surface area (Å²) in [4.78, 5) is 15.7. The Morgan fingerprint density at radius 3 is 2.71 bits per heavy atom. The fraction of sp³-hybridized carbons (Fsp3) is 0.348. The molecule has 34 heavy (non-hydrogen) atoms. The topological polar surface area (TPSA) is 77.5 Å². The van der Waals surface area contributed by atoms with Crippen molar-refractivity contribution in [2.45, 2.75) is 51.1 Å². The second kappa shape index (κ2) is 7.37. The Labute approximate surface area is 193 Å². The number of aromatic nitrogens is 7. The number of hydrogen-bond acceptors (Lipinski definition) is 6. The summed E-state index contributed by atoms with van der Waals surface area (Å²) in [5, 5.41) is 8.57. The number of alkyl halides is 2. The van der Waals surface area contributed by atoms with E-state index in [0.717, 1.165) is 0 Å². The van der Waals surface area contributed by atoms with Gasteiger partial charge in [0.25, 0.3) is 5.92 Å². The molecule has 11 heteroatoms. The van der Waals surface area contributed by atoms with Gasteiger partial charge in [-0.3, -0.25) is 9.13 Å². The number of nitrogens with zero attached hydrogens (tertiary/aromatic N) is 8. The van der Waals surface area contributed by atoms with Crippen molar-refractivity contribution in [1.29, 1.82) is 0 Å². The number of imidazole rings is 1. The van der Waals surface area contributed by atoms with E-state index in [0.29, 0.717) is 46.9 Å². The van der Waals surface area contributed by atoms with E-state index >= 15 is 0 Å². The molecule has 1 aliphatic heterocycles. The maximum atomic E-state index is 13.9. The molecule has 1 atom stereocenters. The minimum atomic E-state index is -2.69. The highest BCUT2D eigenvalue weighted by atomic mass is 19.3. The quantitative estimate of drug-likeness (QED) is 0.443. The molecule has 1 saturated carbocycles. The fourth-order valence-corrected chi connectivity index (χ4v) is 4.92. The Morgan fingerprint density at radius 2 is 1.97 bits per heavy atom. The molecule has 2 aliphatic rings. The first-order chi connectivity index (χ1) is 16.4. The molecule has 0 N–H and O–H groups in total. The molecule has 8 nitrogen and oxygen atoms in total. The van der Waals surface area contributed by atoms with E-state index in [1.54, 1.807) is 35.3 Å². The third kappa shape index (κ3) is 3.10. The normalized spacial score (nSPS) is 19.0. The lowest BCUT2D eigenvalue weighted by Crippen LogP contribution is -2.54. The number of benzene rings is 1. The van der Waals surface area contributed by atoms with Crippen molar-refractivity contribution in [3.8, 4) is 23.0 Å². The summed E-state index contributed by atoms with van der Waals surface area (Å²) in [5.74, 6) is -0.353. The predicted octanol–water partition coefficient (Wildman–Crippen LogP) is 4.43. The maximum Gasteiger partial charge on any atom is 0.252 e. The molecule has 1 fully saturated rings. The molecule has 4 aromatic rings. The van der Waals surface area contributed by atoms with Crippen LogP contribution in [0.25, 0.3) is 23.0 Å². The summed E-state index contributed by atoms with van der Waals surface area (Å²) in [5.41, 5.74) is 1.22. The average molecular weight is 466 g/mol. The van der Waals surface area contributed by atoms with Crippen molar-refractivity contribution in [3.63, 3.8) is 0 Å². The van der Waals surface area contributed by atoms with Gasteiger partial charge < -0.3 is 4.90 Å². The Balaban J connectivity index is 1.51. The van der Waals surface area contributed by atoms with E-state index in [1.807, 2.05) is 23.3 Å².